The zero-order valence-corrected chi connectivity index (χ0v) is 16.5. The van der Waals surface area contributed by atoms with Crippen molar-refractivity contribution in [1.29, 1.82) is 0 Å². The molecule has 0 unspecified atom stereocenters. The van der Waals surface area contributed by atoms with Gasteiger partial charge >= 0.3 is 0 Å². The van der Waals surface area contributed by atoms with E-state index in [-0.39, 0.29) is 5.91 Å². The van der Waals surface area contributed by atoms with E-state index < -0.39 is 0 Å². The number of rotatable bonds is 7. The number of hydrogen-bond donors (Lipinski definition) is 2. The number of anilines is 2. The van der Waals surface area contributed by atoms with Crippen molar-refractivity contribution in [2.24, 2.45) is 5.92 Å². The molecule has 2 rings (SSSR count). The Hall–Kier alpha value is -1.31. The van der Waals surface area contributed by atoms with Gasteiger partial charge in [0.25, 0.3) is 0 Å². The van der Waals surface area contributed by atoms with Gasteiger partial charge in [-0.3, -0.25) is 4.79 Å². The van der Waals surface area contributed by atoms with Crippen LogP contribution in [0.3, 0.4) is 0 Å². The Labute approximate surface area is 155 Å². The minimum Gasteiger partial charge on any atom is -0.355 e. The van der Waals surface area contributed by atoms with Crippen molar-refractivity contribution in [3.05, 3.63) is 28.3 Å². The van der Waals surface area contributed by atoms with Crippen LogP contribution in [0.1, 0.15) is 25.0 Å². The summed E-state index contributed by atoms with van der Waals surface area (Å²) in [6.07, 6.45) is 0. The summed E-state index contributed by atoms with van der Waals surface area (Å²) in [4.78, 5) is 11.7. The highest BCUT2D eigenvalue weighted by molar-refractivity contribution is 8.01. The first-order valence-electron chi connectivity index (χ1n) is 7.62. The lowest BCUT2D eigenvalue weighted by molar-refractivity contribution is -0.118. The molecule has 0 fully saturated rings. The molecule has 0 aliphatic rings. The molecule has 8 heteroatoms. The van der Waals surface area contributed by atoms with Crippen molar-refractivity contribution in [2.75, 3.05) is 17.6 Å². The summed E-state index contributed by atoms with van der Waals surface area (Å²) < 4.78 is 0.748. The van der Waals surface area contributed by atoms with Gasteiger partial charge in [-0.15, -0.1) is 10.2 Å². The lowest BCUT2D eigenvalue weighted by Gasteiger charge is -2.09. The van der Waals surface area contributed by atoms with Crippen LogP contribution in [0, 0.1) is 19.8 Å². The highest BCUT2D eigenvalue weighted by Gasteiger charge is 2.11. The van der Waals surface area contributed by atoms with E-state index in [4.69, 9.17) is 11.6 Å². The predicted octanol–water partition coefficient (Wildman–Crippen LogP) is 4.42. The zero-order valence-electron chi connectivity index (χ0n) is 14.1. The van der Waals surface area contributed by atoms with E-state index in [0.717, 1.165) is 21.2 Å². The second-order valence-corrected chi connectivity index (χ2v) is 8.53. The number of carbonyl (C=O) groups excluding carboxylic acids is 1. The van der Waals surface area contributed by atoms with E-state index in [9.17, 15) is 4.79 Å². The number of benzene rings is 1. The number of thioether (sulfide) groups is 1. The fourth-order valence-corrected chi connectivity index (χ4v) is 3.95. The Morgan fingerprint density at radius 1 is 1.33 bits per heavy atom. The van der Waals surface area contributed by atoms with Crippen molar-refractivity contribution >= 4 is 51.4 Å². The number of aromatic nitrogens is 2. The largest absolute Gasteiger partial charge is 0.355 e. The second-order valence-electron chi connectivity index (χ2n) is 5.92. The number of aryl methyl sites for hydroxylation is 2. The zero-order chi connectivity index (χ0) is 17.7. The van der Waals surface area contributed by atoms with Crippen LogP contribution < -0.4 is 10.6 Å². The minimum absolute atomic E-state index is 0.0100. The van der Waals surface area contributed by atoms with Crippen LogP contribution in [-0.4, -0.2) is 28.4 Å². The maximum atomic E-state index is 11.7. The molecule has 0 radical (unpaired) electrons. The first-order valence-corrected chi connectivity index (χ1v) is 9.80. The molecule has 1 aromatic heterocycles. The van der Waals surface area contributed by atoms with Crippen LogP contribution in [0.2, 0.25) is 5.02 Å². The molecule has 1 aromatic carbocycles. The summed E-state index contributed by atoms with van der Waals surface area (Å²) in [5.74, 6) is 0.792. The Morgan fingerprint density at radius 2 is 2.08 bits per heavy atom. The van der Waals surface area contributed by atoms with E-state index in [0.29, 0.717) is 28.4 Å². The van der Waals surface area contributed by atoms with E-state index in [1.807, 2.05) is 19.9 Å². The van der Waals surface area contributed by atoms with Gasteiger partial charge in [0.05, 0.1) is 16.5 Å². The third-order valence-corrected chi connectivity index (χ3v) is 5.37. The molecule has 0 aliphatic heterocycles. The number of hydrogen-bond acceptors (Lipinski definition) is 6. The lowest BCUT2D eigenvalue weighted by Crippen LogP contribution is -2.28. The molecule has 0 spiro atoms. The molecule has 0 bridgehead atoms. The van der Waals surface area contributed by atoms with Crippen molar-refractivity contribution in [2.45, 2.75) is 32.0 Å². The molecule has 2 N–H and O–H groups in total. The van der Waals surface area contributed by atoms with Gasteiger partial charge < -0.3 is 10.6 Å². The SMILES string of the molecule is Cc1cc(C)c(Nc2nnc(SCC(=O)NCC(C)C)s2)c(Cl)c1. The number of carbonyl (C=O) groups is 1. The molecule has 1 amide bonds. The van der Waals surface area contributed by atoms with Gasteiger partial charge in [0, 0.05) is 6.54 Å². The molecule has 24 heavy (non-hydrogen) atoms. The third kappa shape index (κ3) is 5.65. The average molecular weight is 385 g/mol. The van der Waals surface area contributed by atoms with Crippen LogP contribution in [0.25, 0.3) is 0 Å². The van der Waals surface area contributed by atoms with Crippen molar-refractivity contribution in [1.82, 2.24) is 15.5 Å². The quantitative estimate of drug-likeness (QED) is 0.692. The number of halogens is 1. The normalized spacial score (nSPS) is 10.9. The van der Waals surface area contributed by atoms with Gasteiger partial charge in [0.1, 0.15) is 0 Å². The molecule has 5 nitrogen and oxygen atoms in total. The topological polar surface area (TPSA) is 66.9 Å². The Morgan fingerprint density at radius 3 is 2.75 bits per heavy atom. The van der Waals surface area contributed by atoms with Crippen molar-refractivity contribution in [3.8, 4) is 0 Å². The highest BCUT2D eigenvalue weighted by atomic mass is 35.5. The molecule has 0 aliphatic carbocycles. The molecule has 0 saturated heterocycles. The van der Waals surface area contributed by atoms with Gasteiger partial charge in [-0.05, 0) is 37.0 Å². The van der Waals surface area contributed by atoms with Gasteiger partial charge in [-0.1, -0.05) is 54.6 Å². The molecule has 1 heterocycles. The monoisotopic (exact) mass is 384 g/mol. The molecule has 0 saturated carbocycles. The first-order chi connectivity index (χ1) is 11.3. The molecular weight excluding hydrogens is 364 g/mol. The van der Waals surface area contributed by atoms with Crippen LogP contribution in [0.15, 0.2) is 16.5 Å². The van der Waals surface area contributed by atoms with Gasteiger partial charge in [0.2, 0.25) is 11.0 Å². The Bertz CT molecular complexity index is 695. The summed E-state index contributed by atoms with van der Waals surface area (Å²) in [7, 11) is 0. The fourth-order valence-electron chi connectivity index (χ4n) is 2.00. The molecule has 2 aromatic rings. The third-order valence-electron chi connectivity index (χ3n) is 3.10. The summed E-state index contributed by atoms with van der Waals surface area (Å²) in [5.41, 5.74) is 3.01. The van der Waals surface area contributed by atoms with Gasteiger partial charge in [0.15, 0.2) is 4.34 Å². The Balaban J connectivity index is 1.93. The maximum Gasteiger partial charge on any atom is 0.230 e. The number of amides is 1. The second kappa shape index (κ2) is 8.69. The predicted molar refractivity (Wildman–Crippen MR) is 103 cm³/mol. The highest BCUT2D eigenvalue weighted by Crippen LogP contribution is 2.33. The molecule has 0 atom stereocenters. The smallest absolute Gasteiger partial charge is 0.230 e. The van der Waals surface area contributed by atoms with Crippen LogP contribution in [-0.2, 0) is 4.79 Å². The van der Waals surface area contributed by atoms with E-state index in [1.165, 1.54) is 23.1 Å². The lowest BCUT2D eigenvalue weighted by atomic mass is 10.1. The summed E-state index contributed by atoms with van der Waals surface area (Å²) in [6, 6.07) is 3.97. The van der Waals surface area contributed by atoms with Crippen molar-refractivity contribution in [3.63, 3.8) is 0 Å². The van der Waals surface area contributed by atoms with E-state index in [1.54, 1.807) is 0 Å². The van der Waals surface area contributed by atoms with Crippen LogP contribution >= 0.6 is 34.7 Å². The standard InChI is InChI=1S/C16H21ClN4OS2/c1-9(2)7-18-13(22)8-23-16-21-20-15(24-16)19-14-11(4)5-10(3)6-12(14)17/h5-6,9H,7-8H2,1-4H3,(H,18,22)(H,19,20). The van der Waals surface area contributed by atoms with Crippen LogP contribution in [0.5, 0.6) is 0 Å². The van der Waals surface area contributed by atoms with Crippen molar-refractivity contribution < 1.29 is 4.79 Å². The number of nitrogens with one attached hydrogen (secondary N) is 2. The average Bonchev–Trinajstić information content (AvgIpc) is 2.94. The Kier molecular flexibility index (Phi) is 6.89. The summed E-state index contributed by atoms with van der Waals surface area (Å²) in [6.45, 7) is 8.82. The van der Waals surface area contributed by atoms with Gasteiger partial charge in [-0.25, -0.2) is 0 Å². The summed E-state index contributed by atoms with van der Waals surface area (Å²) in [5, 5.41) is 15.6. The minimum atomic E-state index is 0.0100. The summed E-state index contributed by atoms with van der Waals surface area (Å²) >= 11 is 9.08. The van der Waals surface area contributed by atoms with Gasteiger partial charge in [-0.2, -0.15) is 0 Å². The first kappa shape index (κ1) is 19.0. The van der Waals surface area contributed by atoms with E-state index >= 15 is 0 Å². The van der Waals surface area contributed by atoms with E-state index in [2.05, 4.69) is 40.7 Å². The molecular formula is C16H21ClN4OS2. The number of nitrogens with zero attached hydrogens (tertiary/aromatic N) is 2. The van der Waals surface area contributed by atoms with Crippen LogP contribution in [0.4, 0.5) is 10.8 Å². The molecule has 130 valence electrons. The maximum absolute atomic E-state index is 11.7. The fraction of sp³-hybridized carbons (Fsp3) is 0.438.